The topological polar surface area (TPSA) is 50.5 Å². The summed E-state index contributed by atoms with van der Waals surface area (Å²) < 4.78 is 5.37. The van der Waals surface area contributed by atoms with Crippen molar-refractivity contribution >= 4 is 29.0 Å². The average molecular weight is 265 g/mol. The Hall–Kier alpha value is -1.49. The first-order valence-electron chi connectivity index (χ1n) is 5.93. The number of hydrogen-bond donors (Lipinski definition) is 0. The van der Waals surface area contributed by atoms with Gasteiger partial charge in [0.05, 0.1) is 4.91 Å². The van der Waals surface area contributed by atoms with E-state index in [2.05, 4.69) is 0 Å². The number of unbranched alkanes of at least 4 members (excludes halogenated alkanes) is 1. The molecule has 0 atom stereocenters. The van der Waals surface area contributed by atoms with E-state index in [1.54, 1.807) is 12.1 Å². The van der Waals surface area contributed by atoms with Gasteiger partial charge in [0.25, 0.3) is 11.1 Å². The van der Waals surface area contributed by atoms with E-state index in [1.165, 1.54) is 4.90 Å². The van der Waals surface area contributed by atoms with Crippen molar-refractivity contribution in [1.82, 2.24) is 4.90 Å². The molecule has 1 aliphatic heterocycles. The zero-order chi connectivity index (χ0) is 13.1. The first-order chi connectivity index (χ1) is 8.61. The molecular formula is C13H15NO3S. The number of imide groups is 1. The first-order valence-corrected chi connectivity index (χ1v) is 6.75. The van der Waals surface area contributed by atoms with E-state index in [-0.39, 0.29) is 11.1 Å². The second-order valence-electron chi connectivity index (χ2n) is 4.14. The van der Waals surface area contributed by atoms with Crippen LogP contribution in [0.2, 0.25) is 0 Å². The van der Waals surface area contributed by atoms with Crippen LogP contribution in [0, 0.1) is 6.92 Å². The minimum atomic E-state index is -0.215. The summed E-state index contributed by atoms with van der Waals surface area (Å²) in [6.07, 6.45) is 3.42. The SMILES string of the molecule is CCCCN1C(=O)S/C(=C\c2ccc(C)o2)C1=O. The third-order valence-corrected chi connectivity index (χ3v) is 3.55. The Morgan fingerprint density at radius 3 is 2.78 bits per heavy atom. The lowest BCUT2D eigenvalue weighted by Gasteiger charge is -2.10. The molecule has 1 aromatic heterocycles. The van der Waals surface area contributed by atoms with Crippen LogP contribution in [0.25, 0.3) is 6.08 Å². The molecule has 0 saturated carbocycles. The third kappa shape index (κ3) is 2.67. The summed E-state index contributed by atoms with van der Waals surface area (Å²) in [5.74, 6) is 1.17. The van der Waals surface area contributed by atoms with Gasteiger partial charge in [0.1, 0.15) is 11.5 Å². The van der Waals surface area contributed by atoms with Crippen molar-refractivity contribution in [3.63, 3.8) is 0 Å². The smallest absolute Gasteiger partial charge is 0.293 e. The van der Waals surface area contributed by atoms with Crippen molar-refractivity contribution < 1.29 is 14.0 Å². The third-order valence-electron chi connectivity index (χ3n) is 2.64. The van der Waals surface area contributed by atoms with E-state index in [9.17, 15) is 9.59 Å². The van der Waals surface area contributed by atoms with Gasteiger partial charge in [-0.2, -0.15) is 0 Å². The van der Waals surface area contributed by atoms with Crippen molar-refractivity contribution in [3.8, 4) is 0 Å². The van der Waals surface area contributed by atoms with Crippen molar-refractivity contribution in [1.29, 1.82) is 0 Å². The maximum absolute atomic E-state index is 12.0. The fourth-order valence-corrected chi connectivity index (χ4v) is 2.51. The molecule has 0 radical (unpaired) electrons. The average Bonchev–Trinajstić information content (AvgIpc) is 2.84. The zero-order valence-corrected chi connectivity index (χ0v) is 11.3. The summed E-state index contributed by atoms with van der Waals surface area (Å²) in [6, 6.07) is 3.61. The number of aryl methyl sites for hydroxylation is 1. The molecule has 2 rings (SSSR count). The molecule has 96 valence electrons. The van der Waals surface area contributed by atoms with Gasteiger partial charge in [0, 0.05) is 12.6 Å². The molecule has 1 aromatic rings. The molecule has 18 heavy (non-hydrogen) atoms. The molecule has 0 unspecified atom stereocenters. The Kier molecular flexibility index (Phi) is 3.91. The summed E-state index contributed by atoms with van der Waals surface area (Å²) >= 11 is 0.975. The Balaban J connectivity index is 2.14. The Morgan fingerprint density at radius 2 is 2.17 bits per heavy atom. The molecule has 0 N–H and O–H groups in total. The van der Waals surface area contributed by atoms with E-state index in [4.69, 9.17) is 4.42 Å². The summed E-state index contributed by atoms with van der Waals surface area (Å²) in [5, 5.41) is -0.192. The van der Waals surface area contributed by atoms with Crippen molar-refractivity contribution in [2.75, 3.05) is 6.54 Å². The van der Waals surface area contributed by atoms with Crippen LogP contribution in [0.4, 0.5) is 4.79 Å². The van der Waals surface area contributed by atoms with Gasteiger partial charge in [-0.3, -0.25) is 14.5 Å². The fraction of sp³-hybridized carbons (Fsp3) is 0.385. The van der Waals surface area contributed by atoms with Gasteiger partial charge < -0.3 is 4.42 Å². The minimum absolute atomic E-state index is 0.192. The number of amides is 2. The van der Waals surface area contributed by atoms with Crippen LogP contribution < -0.4 is 0 Å². The van der Waals surface area contributed by atoms with Gasteiger partial charge in [-0.25, -0.2) is 0 Å². The van der Waals surface area contributed by atoms with E-state index >= 15 is 0 Å². The zero-order valence-electron chi connectivity index (χ0n) is 10.4. The minimum Gasteiger partial charge on any atom is -0.462 e. The molecule has 1 aliphatic rings. The lowest BCUT2D eigenvalue weighted by atomic mass is 10.3. The Bertz CT molecular complexity index is 504. The van der Waals surface area contributed by atoms with Gasteiger partial charge in [-0.1, -0.05) is 13.3 Å². The maximum atomic E-state index is 12.0. The number of carbonyl (C=O) groups is 2. The molecule has 5 heteroatoms. The molecule has 2 heterocycles. The number of nitrogens with zero attached hydrogens (tertiary/aromatic N) is 1. The van der Waals surface area contributed by atoms with Gasteiger partial charge in [0.15, 0.2) is 0 Å². The summed E-state index contributed by atoms with van der Waals surface area (Å²) in [7, 11) is 0. The highest BCUT2D eigenvalue weighted by atomic mass is 32.2. The van der Waals surface area contributed by atoms with Crippen LogP contribution in [0.1, 0.15) is 31.3 Å². The van der Waals surface area contributed by atoms with Crippen molar-refractivity contribution in [3.05, 3.63) is 28.6 Å². The van der Waals surface area contributed by atoms with Crippen molar-refractivity contribution in [2.45, 2.75) is 26.7 Å². The molecule has 0 spiro atoms. The first kappa shape index (κ1) is 13.0. The monoisotopic (exact) mass is 265 g/mol. The predicted octanol–water partition coefficient (Wildman–Crippen LogP) is 3.42. The van der Waals surface area contributed by atoms with Crippen LogP contribution >= 0.6 is 11.8 Å². The summed E-state index contributed by atoms with van der Waals surface area (Å²) in [5.41, 5.74) is 0. The van der Waals surface area contributed by atoms with E-state index in [0.29, 0.717) is 17.2 Å². The second-order valence-corrected chi connectivity index (χ2v) is 5.13. The number of carbonyl (C=O) groups excluding carboxylic acids is 2. The predicted molar refractivity (Wildman–Crippen MR) is 71.0 cm³/mol. The standard InChI is InChI=1S/C13H15NO3S/c1-3-4-7-14-12(15)11(18-13(14)16)8-10-6-5-9(2)17-10/h5-6,8H,3-4,7H2,1-2H3/b11-8-. The van der Waals surface area contributed by atoms with Crippen LogP contribution in [0.3, 0.4) is 0 Å². The van der Waals surface area contributed by atoms with Gasteiger partial charge in [0.2, 0.25) is 0 Å². The quantitative estimate of drug-likeness (QED) is 0.783. The van der Waals surface area contributed by atoms with Crippen LogP contribution in [0.5, 0.6) is 0 Å². The summed E-state index contributed by atoms with van der Waals surface area (Å²) in [6.45, 7) is 4.36. The van der Waals surface area contributed by atoms with Crippen LogP contribution in [-0.4, -0.2) is 22.6 Å². The van der Waals surface area contributed by atoms with Crippen LogP contribution in [-0.2, 0) is 4.79 Å². The van der Waals surface area contributed by atoms with Crippen molar-refractivity contribution in [2.24, 2.45) is 0 Å². The van der Waals surface area contributed by atoms with E-state index < -0.39 is 0 Å². The fourth-order valence-electron chi connectivity index (χ4n) is 1.67. The Labute approximate surface area is 110 Å². The molecular weight excluding hydrogens is 250 g/mol. The lowest BCUT2D eigenvalue weighted by Crippen LogP contribution is -2.29. The highest BCUT2D eigenvalue weighted by Gasteiger charge is 2.34. The largest absolute Gasteiger partial charge is 0.462 e. The molecule has 2 amide bonds. The van der Waals surface area contributed by atoms with Gasteiger partial charge in [-0.15, -0.1) is 0 Å². The molecule has 1 saturated heterocycles. The van der Waals surface area contributed by atoms with Gasteiger partial charge in [-0.05, 0) is 37.2 Å². The maximum Gasteiger partial charge on any atom is 0.293 e. The highest BCUT2D eigenvalue weighted by molar-refractivity contribution is 8.18. The normalized spacial score (nSPS) is 18.1. The lowest BCUT2D eigenvalue weighted by molar-refractivity contribution is -0.122. The molecule has 0 aliphatic carbocycles. The highest BCUT2D eigenvalue weighted by Crippen LogP contribution is 2.32. The number of furan rings is 1. The van der Waals surface area contributed by atoms with E-state index in [0.717, 1.165) is 30.4 Å². The molecule has 4 nitrogen and oxygen atoms in total. The number of hydrogen-bond acceptors (Lipinski definition) is 4. The molecule has 1 fully saturated rings. The molecule has 0 bridgehead atoms. The molecule has 0 aromatic carbocycles. The van der Waals surface area contributed by atoms with E-state index in [1.807, 2.05) is 19.9 Å². The number of rotatable bonds is 4. The number of thioether (sulfide) groups is 1. The Morgan fingerprint density at radius 1 is 1.39 bits per heavy atom. The summed E-state index contributed by atoms with van der Waals surface area (Å²) in [4.78, 5) is 25.4. The van der Waals surface area contributed by atoms with Crippen LogP contribution in [0.15, 0.2) is 21.5 Å². The van der Waals surface area contributed by atoms with Gasteiger partial charge >= 0.3 is 0 Å². The second kappa shape index (κ2) is 5.44.